The molecule has 2 aromatic carbocycles. The third-order valence-electron chi connectivity index (χ3n) is 4.02. The average molecular weight is 503 g/mol. The molecular weight excluding hydrogens is 478 g/mol. The Morgan fingerprint density at radius 2 is 1.04 bits per heavy atom. The molecule has 0 amide bonds. The number of halogens is 2. The molecule has 0 heterocycles. The first-order valence-electron chi connectivity index (χ1n) is 8.95. The largest absolute Gasteiger partial charge is 2.00 e. The first-order chi connectivity index (χ1) is 13.0. The molecule has 0 atom stereocenters. The summed E-state index contributed by atoms with van der Waals surface area (Å²) in [5, 5.41) is 2.05. The zero-order valence-corrected chi connectivity index (χ0v) is 21.2. The molecule has 0 aromatic heterocycles. The van der Waals surface area contributed by atoms with Crippen molar-refractivity contribution in [3.63, 3.8) is 0 Å². The minimum Gasteiger partial charge on any atom is -0.273 e. The average Bonchev–Trinajstić information content (AvgIpc) is 3.38. The Morgan fingerprint density at radius 3 is 1.25 bits per heavy atom. The van der Waals surface area contributed by atoms with Crippen molar-refractivity contribution in [2.24, 2.45) is 0 Å². The summed E-state index contributed by atoms with van der Waals surface area (Å²) in [6.45, 7) is 1.66. The Kier molecular flexibility index (Phi) is 12.0. The van der Waals surface area contributed by atoms with Crippen molar-refractivity contribution in [1.82, 2.24) is 0 Å². The fourth-order valence-electron chi connectivity index (χ4n) is 2.46. The van der Waals surface area contributed by atoms with Gasteiger partial charge in [0.2, 0.25) is 0 Å². The third-order valence-corrected chi connectivity index (χ3v) is 8.75. The standard InChI is InChI=1S/C12H10Cl2Si.2C6H7.Zr/c13-15(14,11-7-3-1-4-8-11)12-9-5-2-6-10-12;2*1-6-4-2-3-5-6;/h1-10H;2*4-5H,2H2,1H3;/q;2*-1;+2. The molecule has 2 aromatic rings. The van der Waals surface area contributed by atoms with Gasteiger partial charge in [-0.15, -0.1) is 48.8 Å². The van der Waals surface area contributed by atoms with E-state index in [0.29, 0.717) is 0 Å². The second-order valence-corrected chi connectivity index (χ2v) is 12.6. The summed E-state index contributed by atoms with van der Waals surface area (Å²) in [5.41, 5.74) is 2.69. The first kappa shape index (κ1) is 25.1. The van der Waals surface area contributed by atoms with Crippen LogP contribution in [0, 0.1) is 12.2 Å². The van der Waals surface area contributed by atoms with Crippen LogP contribution in [0.4, 0.5) is 0 Å². The van der Waals surface area contributed by atoms with Crippen molar-refractivity contribution in [2.45, 2.75) is 26.7 Å². The molecule has 0 N–H and O–H groups in total. The Balaban J connectivity index is 0.000000249. The number of benzene rings is 2. The van der Waals surface area contributed by atoms with Gasteiger partial charge in [0.05, 0.1) is 0 Å². The molecular formula is C24H24Cl2SiZr. The van der Waals surface area contributed by atoms with E-state index < -0.39 is 6.69 Å². The van der Waals surface area contributed by atoms with Gasteiger partial charge in [0.15, 0.2) is 0 Å². The van der Waals surface area contributed by atoms with Crippen molar-refractivity contribution in [3.05, 3.63) is 108 Å². The van der Waals surface area contributed by atoms with E-state index in [1.165, 1.54) is 11.1 Å². The second kappa shape index (κ2) is 13.3. The van der Waals surface area contributed by atoms with Crippen LogP contribution in [0.2, 0.25) is 0 Å². The number of allylic oxidation sites excluding steroid dienone is 8. The number of rotatable bonds is 2. The Bertz CT molecular complexity index is 747. The molecule has 2 aliphatic rings. The number of hydrogen-bond donors (Lipinski definition) is 0. The Labute approximate surface area is 199 Å². The molecule has 0 bridgehead atoms. The van der Waals surface area contributed by atoms with Crippen LogP contribution in [-0.2, 0) is 26.2 Å². The van der Waals surface area contributed by atoms with Crippen LogP contribution in [-0.4, -0.2) is 6.69 Å². The van der Waals surface area contributed by atoms with Gasteiger partial charge in [-0.25, -0.2) is 23.3 Å². The predicted octanol–water partition coefficient (Wildman–Crippen LogP) is 6.11. The quantitative estimate of drug-likeness (QED) is 0.264. The van der Waals surface area contributed by atoms with Crippen LogP contribution in [0.15, 0.2) is 96.1 Å². The minimum absolute atomic E-state index is 0. The van der Waals surface area contributed by atoms with Crippen LogP contribution < -0.4 is 10.4 Å². The van der Waals surface area contributed by atoms with E-state index in [9.17, 15) is 0 Å². The van der Waals surface area contributed by atoms with Gasteiger partial charge in [0.1, 0.15) is 0 Å². The summed E-state index contributed by atoms with van der Waals surface area (Å²) >= 11 is 13.0. The zero-order chi connectivity index (χ0) is 19.5. The fraction of sp³-hybridized carbons (Fsp3) is 0.167. The van der Waals surface area contributed by atoms with Crippen LogP contribution in [0.25, 0.3) is 0 Å². The van der Waals surface area contributed by atoms with Crippen molar-refractivity contribution >= 4 is 39.2 Å². The van der Waals surface area contributed by atoms with E-state index in [1.807, 2.05) is 72.8 Å². The molecule has 0 saturated carbocycles. The topological polar surface area (TPSA) is 0 Å². The van der Waals surface area contributed by atoms with Crippen molar-refractivity contribution in [2.75, 3.05) is 0 Å². The second-order valence-electron chi connectivity index (χ2n) is 6.31. The molecule has 4 rings (SSSR count). The van der Waals surface area contributed by atoms with Gasteiger partial charge in [-0.3, -0.25) is 12.2 Å². The molecule has 0 radical (unpaired) electrons. The molecule has 4 heteroatoms. The van der Waals surface area contributed by atoms with Gasteiger partial charge >= 0.3 is 32.9 Å². The van der Waals surface area contributed by atoms with Crippen molar-refractivity contribution in [1.29, 1.82) is 0 Å². The summed E-state index contributed by atoms with van der Waals surface area (Å²) < 4.78 is 0. The smallest absolute Gasteiger partial charge is 0.273 e. The van der Waals surface area contributed by atoms with Crippen molar-refractivity contribution in [3.8, 4) is 0 Å². The summed E-state index contributed by atoms with van der Waals surface area (Å²) in [6, 6.07) is 19.7. The van der Waals surface area contributed by atoms with Gasteiger partial charge in [-0.1, -0.05) is 60.7 Å². The number of hydrogen-bond acceptors (Lipinski definition) is 0. The molecule has 28 heavy (non-hydrogen) atoms. The van der Waals surface area contributed by atoms with Gasteiger partial charge in [-0.05, 0) is 10.4 Å². The molecule has 0 nitrogen and oxygen atoms in total. The SMILES string of the molecule is CC1=CC[C-]=C1.CC1=CC[C-]=C1.Cl[Si](Cl)(c1ccccc1)c1ccccc1.[Zr+2]. The van der Waals surface area contributed by atoms with Crippen LogP contribution >= 0.6 is 22.2 Å². The predicted molar refractivity (Wildman–Crippen MR) is 122 cm³/mol. The maximum atomic E-state index is 6.49. The Morgan fingerprint density at radius 1 is 0.679 bits per heavy atom. The van der Waals surface area contributed by atoms with Gasteiger partial charge in [0, 0.05) is 0 Å². The monoisotopic (exact) mass is 500 g/mol. The molecule has 0 fully saturated rings. The van der Waals surface area contributed by atoms with Crippen LogP contribution in [0.3, 0.4) is 0 Å². The van der Waals surface area contributed by atoms with E-state index >= 15 is 0 Å². The fourth-order valence-corrected chi connectivity index (χ4v) is 5.53. The summed E-state index contributed by atoms with van der Waals surface area (Å²) in [7, 11) is 0. The van der Waals surface area contributed by atoms with Crippen molar-refractivity contribution < 1.29 is 26.2 Å². The first-order valence-corrected chi connectivity index (χ1v) is 13.0. The Hall–Kier alpha value is -0.920. The normalized spacial score (nSPS) is 14.0. The molecule has 0 unspecified atom stereocenters. The van der Waals surface area contributed by atoms with E-state index in [-0.39, 0.29) is 26.2 Å². The molecule has 0 saturated heterocycles. The van der Waals surface area contributed by atoms with E-state index in [0.717, 1.165) is 23.2 Å². The minimum atomic E-state index is -2.51. The summed E-state index contributed by atoms with van der Waals surface area (Å²) in [5.74, 6) is 0. The van der Waals surface area contributed by atoms with Crippen LogP contribution in [0.5, 0.6) is 0 Å². The maximum Gasteiger partial charge on any atom is 2.00 e. The van der Waals surface area contributed by atoms with Gasteiger partial charge < -0.3 is 0 Å². The summed E-state index contributed by atoms with van der Waals surface area (Å²) in [6.07, 6.45) is 16.5. The maximum absolute atomic E-state index is 6.49. The van der Waals surface area contributed by atoms with Gasteiger partial charge in [-0.2, -0.15) is 12.2 Å². The van der Waals surface area contributed by atoms with E-state index in [2.05, 4.69) is 38.2 Å². The zero-order valence-electron chi connectivity index (χ0n) is 16.3. The summed E-state index contributed by atoms with van der Waals surface area (Å²) in [4.78, 5) is 0. The molecule has 2 aliphatic carbocycles. The van der Waals surface area contributed by atoms with E-state index in [4.69, 9.17) is 22.2 Å². The molecule has 0 spiro atoms. The van der Waals surface area contributed by atoms with Crippen LogP contribution in [0.1, 0.15) is 26.7 Å². The molecule has 142 valence electrons. The van der Waals surface area contributed by atoms with E-state index in [1.54, 1.807) is 0 Å². The molecule has 0 aliphatic heterocycles. The third kappa shape index (κ3) is 8.62. The van der Waals surface area contributed by atoms with Gasteiger partial charge in [0.25, 0.3) is 0 Å².